The minimum Gasteiger partial charge on any atom is -0.508 e. The highest BCUT2D eigenvalue weighted by Gasteiger charge is 2.19. The van der Waals surface area contributed by atoms with Crippen molar-refractivity contribution < 1.29 is 9.90 Å². The maximum absolute atomic E-state index is 13.5. The van der Waals surface area contributed by atoms with E-state index in [2.05, 4.69) is 32.3 Å². The predicted octanol–water partition coefficient (Wildman–Crippen LogP) is 5.29. The van der Waals surface area contributed by atoms with E-state index in [4.69, 9.17) is 10.7 Å². The van der Waals surface area contributed by atoms with Crippen LogP contribution >= 0.6 is 0 Å². The molecule has 0 aliphatic carbocycles. The lowest BCUT2D eigenvalue weighted by Gasteiger charge is -2.24. The predicted molar refractivity (Wildman–Crippen MR) is 135 cm³/mol. The summed E-state index contributed by atoms with van der Waals surface area (Å²) in [7, 11) is 0. The minimum absolute atomic E-state index is 0.0796. The van der Waals surface area contributed by atoms with Crippen molar-refractivity contribution in [1.82, 2.24) is 14.5 Å². The maximum atomic E-state index is 13.5. The van der Waals surface area contributed by atoms with Crippen LogP contribution in [0.25, 0.3) is 22.4 Å². The zero-order valence-electron chi connectivity index (χ0n) is 20.4. The van der Waals surface area contributed by atoms with Gasteiger partial charge in [0.1, 0.15) is 11.6 Å². The first-order valence-corrected chi connectivity index (χ1v) is 12.1. The van der Waals surface area contributed by atoms with E-state index in [0.717, 1.165) is 54.8 Å². The maximum Gasteiger partial charge on any atom is 0.253 e. The smallest absolute Gasteiger partial charge is 0.253 e. The molecule has 6 nitrogen and oxygen atoms in total. The first-order valence-electron chi connectivity index (χ1n) is 12.1. The van der Waals surface area contributed by atoms with Crippen molar-refractivity contribution in [3.05, 3.63) is 48.0 Å². The van der Waals surface area contributed by atoms with Crippen molar-refractivity contribution in [2.45, 2.75) is 53.5 Å². The molecule has 1 amide bonds. The second kappa shape index (κ2) is 11.3. The lowest BCUT2D eigenvalue weighted by Crippen LogP contribution is -2.34. The molecule has 3 N–H and O–H groups in total. The van der Waals surface area contributed by atoms with Gasteiger partial charge in [0.2, 0.25) is 0 Å². The van der Waals surface area contributed by atoms with E-state index >= 15 is 0 Å². The Morgan fingerprint density at radius 1 is 1.03 bits per heavy atom. The molecule has 2 aromatic carbocycles. The van der Waals surface area contributed by atoms with Crippen LogP contribution < -0.4 is 5.73 Å². The average molecular weight is 451 g/mol. The second-order valence-corrected chi connectivity index (χ2v) is 9.64. The summed E-state index contributed by atoms with van der Waals surface area (Å²) in [5.74, 6) is 2.22. The number of phenols is 1. The Morgan fingerprint density at radius 2 is 1.67 bits per heavy atom. The van der Waals surface area contributed by atoms with E-state index in [1.54, 1.807) is 12.1 Å². The number of imidazole rings is 1. The number of hydrogen-bond acceptors (Lipinski definition) is 4. The average Bonchev–Trinajstić information content (AvgIpc) is 3.15. The Morgan fingerprint density at radius 3 is 2.24 bits per heavy atom. The quantitative estimate of drug-likeness (QED) is 0.416. The topological polar surface area (TPSA) is 84.4 Å². The van der Waals surface area contributed by atoms with Gasteiger partial charge >= 0.3 is 0 Å². The van der Waals surface area contributed by atoms with Crippen molar-refractivity contribution >= 4 is 16.9 Å². The van der Waals surface area contributed by atoms with E-state index < -0.39 is 0 Å². The van der Waals surface area contributed by atoms with Gasteiger partial charge in [0.15, 0.2) is 0 Å². The number of nitrogens with two attached hydrogens (primary N) is 1. The van der Waals surface area contributed by atoms with Crippen molar-refractivity contribution in [2.75, 3.05) is 19.6 Å². The van der Waals surface area contributed by atoms with Crippen LogP contribution in [0, 0.1) is 11.8 Å². The summed E-state index contributed by atoms with van der Waals surface area (Å²) in [6.07, 6.45) is 2.79. The van der Waals surface area contributed by atoms with Crippen LogP contribution in [0.3, 0.4) is 0 Å². The van der Waals surface area contributed by atoms with Gasteiger partial charge in [-0.25, -0.2) is 4.98 Å². The summed E-state index contributed by atoms with van der Waals surface area (Å²) in [4.78, 5) is 20.3. The van der Waals surface area contributed by atoms with Gasteiger partial charge in [-0.1, -0.05) is 27.7 Å². The Bertz CT molecular complexity index is 1040. The number of carbonyl (C=O) groups excluding carboxylic acids is 1. The molecule has 0 aliphatic rings. The Balaban J connectivity index is 1.99. The molecule has 3 rings (SSSR count). The number of hydrogen-bond donors (Lipinski definition) is 2. The van der Waals surface area contributed by atoms with Gasteiger partial charge in [-0.3, -0.25) is 4.79 Å². The van der Waals surface area contributed by atoms with Crippen LogP contribution in [0.4, 0.5) is 0 Å². The van der Waals surface area contributed by atoms with Crippen LogP contribution in [-0.2, 0) is 6.54 Å². The number of nitrogens with zero attached hydrogens (tertiary/aromatic N) is 3. The number of phenolic OH excluding ortho intramolecular Hbond substituents is 1. The number of fused-ring (bicyclic) bond motifs is 1. The molecule has 0 fully saturated rings. The molecule has 6 heteroatoms. The third-order valence-corrected chi connectivity index (χ3v) is 5.95. The van der Waals surface area contributed by atoms with Crippen LogP contribution in [0.5, 0.6) is 5.75 Å². The Labute approximate surface area is 197 Å². The Hall–Kier alpha value is -2.86. The lowest BCUT2D eigenvalue weighted by atomic mass is 10.1. The van der Waals surface area contributed by atoms with Crippen molar-refractivity contribution in [1.29, 1.82) is 0 Å². The summed E-state index contributed by atoms with van der Waals surface area (Å²) in [5, 5.41) is 9.67. The highest BCUT2D eigenvalue weighted by atomic mass is 16.3. The van der Waals surface area contributed by atoms with E-state index in [0.29, 0.717) is 30.5 Å². The van der Waals surface area contributed by atoms with Gasteiger partial charge in [-0.15, -0.1) is 0 Å². The molecule has 1 heterocycles. The van der Waals surface area contributed by atoms with Crippen molar-refractivity contribution in [3.63, 3.8) is 0 Å². The fourth-order valence-electron chi connectivity index (χ4n) is 3.89. The van der Waals surface area contributed by atoms with E-state index in [1.807, 2.05) is 35.2 Å². The zero-order chi connectivity index (χ0) is 24.0. The zero-order valence-corrected chi connectivity index (χ0v) is 20.4. The molecule has 0 atom stereocenters. The van der Waals surface area contributed by atoms with Crippen molar-refractivity contribution in [2.24, 2.45) is 17.6 Å². The number of aromatic nitrogens is 2. The fraction of sp³-hybridized carbons (Fsp3) is 0.481. The molecular weight excluding hydrogens is 412 g/mol. The third kappa shape index (κ3) is 6.35. The lowest BCUT2D eigenvalue weighted by molar-refractivity contribution is 0.0741. The third-order valence-electron chi connectivity index (χ3n) is 5.95. The summed E-state index contributed by atoms with van der Waals surface area (Å²) in [5.41, 5.74) is 9.20. The molecular formula is C27H38N4O2. The molecule has 0 spiro atoms. The largest absolute Gasteiger partial charge is 0.508 e. The SMILES string of the molecule is CC(C)CCN(CCC(C)C)C(=O)c1ccc2nc(-c3ccc(O)cc3)n(CCCN)c2c1. The number of aromatic hydroxyl groups is 1. The summed E-state index contributed by atoms with van der Waals surface area (Å²) >= 11 is 0. The van der Waals surface area contributed by atoms with Crippen molar-refractivity contribution in [3.8, 4) is 17.1 Å². The van der Waals surface area contributed by atoms with E-state index in [-0.39, 0.29) is 11.7 Å². The second-order valence-electron chi connectivity index (χ2n) is 9.64. The molecule has 0 bridgehead atoms. The fourth-order valence-corrected chi connectivity index (χ4v) is 3.89. The number of carbonyl (C=O) groups is 1. The molecule has 1 aromatic heterocycles. The first kappa shape index (κ1) is 24.8. The number of rotatable bonds is 11. The summed E-state index contributed by atoms with van der Waals surface area (Å²) in [6, 6.07) is 12.9. The minimum atomic E-state index is 0.0796. The summed E-state index contributed by atoms with van der Waals surface area (Å²) in [6.45, 7) is 11.6. The van der Waals surface area contributed by atoms with E-state index in [1.165, 1.54) is 0 Å². The molecule has 0 saturated carbocycles. The highest BCUT2D eigenvalue weighted by Crippen LogP contribution is 2.28. The van der Waals surface area contributed by atoms with Gasteiger partial charge in [-0.2, -0.15) is 0 Å². The molecule has 3 aromatic rings. The molecule has 0 aliphatic heterocycles. The molecule has 33 heavy (non-hydrogen) atoms. The first-order chi connectivity index (χ1) is 15.8. The van der Waals surface area contributed by atoms with Crippen LogP contribution in [-0.4, -0.2) is 45.1 Å². The number of benzene rings is 2. The van der Waals surface area contributed by atoms with Gasteiger partial charge in [0, 0.05) is 30.8 Å². The standard InChI is InChI=1S/C27H38N4O2/c1-19(2)12-16-30(17-13-20(3)4)27(33)22-8-11-24-25(18-22)31(15-5-14-28)26(29-24)21-6-9-23(32)10-7-21/h6-11,18-20,32H,5,12-17,28H2,1-4H3. The normalized spacial score (nSPS) is 11.6. The molecule has 0 saturated heterocycles. The monoisotopic (exact) mass is 450 g/mol. The number of aryl methyl sites for hydroxylation is 1. The van der Waals surface area contributed by atoms with Gasteiger partial charge in [0.25, 0.3) is 5.91 Å². The van der Waals surface area contributed by atoms with Gasteiger partial charge in [0.05, 0.1) is 11.0 Å². The van der Waals surface area contributed by atoms with Crippen LogP contribution in [0.15, 0.2) is 42.5 Å². The van der Waals surface area contributed by atoms with Gasteiger partial charge < -0.3 is 20.3 Å². The molecule has 0 unspecified atom stereocenters. The molecule has 0 radical (unpaired) electrons. The van der Waals surface area contributed by atoms with Gasteiger partial charge in [-0.05, 0) is 80.1 Å². The number of amides is 1. The highest BCUT2D eigenvalue weighted by molar-refractivity contribution is 5.98. The Kier molecular flexibility index (Phi) is 8.50. The summed E-state index contributed by atoms with van der Waals surface area (Å²) < 4.78 is 2.14. The molecule has 178 valence electrons. The van der Waals surface area contributed by atoms with E-state index in [9.17, 15) is 9.90 Å². The van der Waals surface area contributed by atoms with Crippen LogP contribution in [0.2, 0.25) is 0 Å². The van der Waals surface area contributed by atoms with Crippen LogP contribution in [0.1, 0.15) is 57.3 Å².